The van der Waals surface area contributed by atoms with Crippen LogP contribution in [0.4, 0.5) is 20.2 Å². The van der Waals surface area contributed by atoms with Gasteiger partial charge in [-0.3, -0.25) is 4.79 Å². The fourth-order valence-electron chi connectivity index (χ4n) is 1.69. The molecule has 2 aromatic carbocycles. The number of nitrogens with one attached hydrogen (secondary N) is 1. The number of carbonyl (C=O) groups is 2. The third-order valence-electron chi connectivity index (χ3n) is 2.67. The van der Waals surface area contributed by atoms with Crippen molar-refractivity contribution in [2.24, 2.45) is 0 Å². The van der Waals surface area contributed by atoms with Crippen LogP contribution in [0.3, 0.4) is 0 Å². The topological polar surface area (TPSA) is 92.4 Å². The van der Waals surface area contributed by atoms with Gasteiger partial charge in [-0.05, 0) is 30.3 Å². The maximum absolute atomic E-state index is 13.0. The van der Waals surface area contributed by atoms with Crippen LogP contribution in [0.15, 0.2) is 36.4 Å². The molecule has 2 aromatic rings. The first kappa shape index (κ1) is 14.4. The van der Waals surface area contributed by atoms with Crippen LogP contribution in [0.2, 0.25) is 0 Å². The molecule has 1 amide bonds. The Balaban J connectivity index is 2.25. The van der Waals surface area contributed by atoms with Crippen LogP contribution in [0.25, 0.3) is 0 Å². The molecule has 0 bridgehead atoms. The number of aromatic carboxylic acids is 1. The second kappa shape index (κ2) is 5.58. The van der Waals surface area contributed by atoms with Gasteiger partial charge >= 0.3 is 5.97 Å². The number of amides is 1. The van der Waals surface area contributed by atoms with Gasteiger partial charge in [0.2, 0.25) is 0 Å². The summed E-state index contributed by atoms with van der Waals surface area (Å²) in [5.74, 6) is -3.68. The van der Waals surface area contributed by atoms with E-state index in [1.807, 2.05) is 0 Å². The lowest BCUT2D eigenvalue weighted by molar-refractivity contribution is 0.0697. The number of halogens is 2. The number of rotatable bonds is 3. The summed E-state index contributed by atoms with van der Waals surface area (Å²) in [5, 5.41) is 11.2. The van der Waals surface area contributed by atoms with E-state index in [0.717, 1.165) is 12.1 Å². The number of hydrogen-bond donors (Lipinski definition) is 3. The van der Waals surface area contributed by atoms with E-state index in [0.29, 0.717) is 6.07 Å². The van der Waals surface area contributed by atoms with E-state index in [9.17, 15) is 18.4 Å². The molecule has 0 saturated carbocycles. The predicted molar refractivity (Wildman–Crippen MR) is 72.1 cm³/mol. The summed E-state index contributed by atoms with van der Waals surface area (Å²) >= 11 is 0. The minimum Gasteiger partial charge on any atom is -0.478 e. The molecule has 0 aliphatic rings. The van der Waals surface area contributed by atoms with Gasteiger partial charge in [-0.25, -0.2) is 13.6 Å². The van der Waals surface area contributed by atoms with Crippen molar-refractivity contribution in [1.29, 1.82) is 0 Å². The second-order valence-corrected chi connectivity index (χ2v) is 4.22. The highest BCUT2D eigenvalue weighted by Gasteiger charge is 2.12. The molecule has 2 rings (SSSR count). The molecule has 7 heteroatoms. The van der Waals surface area contributed by atoms with Crippen molar-refractivity contribution in [2.75, 3.05) is 11.1 Å². The number of carbonyl (C=O) groups excluding carboxylic acids is 1. The molecule has 0 unspecified atom stereocenters. The minimum absolute atomic E-state index is 0.0279. The second-order valence-electron chi connectivity index (χ2n) is 4.22. The Bertz CT molecular complexity index is 712. The standard InChI is InChI=1S/C14H10F2N2O3/c15-9-3-8(4-10(16)6-9)13(19)18-12-2-1-7(14(20)21)5-11(12)17/h1-6H,17H2,(H,18,19)(H,20,21). The Morgan fingerprint density at radius 3 is 2.14 bits per heavy atom. The number of nitrogen functional groups attached to an aromatic ring is 1. The molecule has 108 valence electrons. The van der Waals surface area contributed by atoms with Gasteiger partial charge in [0.05, 0.1) is 16.9 Å². The smallest absolute Gasteiger partial charge is 0.335 e. The molecule has 0 aromatic heterocycles. The number of carboxylic acid groups (broad SMARTS) is 1. The summed E-state index contributed by atoms with van der Waals surface area (Å²) in [5.41, 5.74) is 5.54. The van der Waals surface area contributed by atoms with Crippen LogP contribution in [0.1, 0.15) is 20.7 Å². The zero-order chi connectivity index (χ0) is 15.6. The highest BCUT2D eigenvalue weighted by molar-refractivity contribution is 6.06. The summed E-state index contributed by atoms with van der Waals surface area (Å²) in [6.45, 7) is 0. The summed E-state index contributed by atoms with van der Waals surface area (Å²) < 4.78 is 26.1. The zero-order valence-electron chi connectivity index (χ0n) is 10.6. The molecule has 0 heterocycles. The molecule has 0 spiro atoms. The molecule has 21 heavy (non-hydrogen) atoms. The van der Waals surface area contributed by atoms with Gasteiger partial charge in [-0.1, -0.05) is 0 Å². The number of anilines is 2. The summed E-state index contributed by atoms with van der Waals surface area (Å²) in [4.78, 5) is 22.6. The van der Waals surface area contributed by atoms with Crippen molar-refractivity contribution in [3.05, 3.63) is 59.2 Å². The van der Waals surface area contributed by atoms with Crippen molar-refractivity contribution in [3.63, 3.8) is 0 Å². The lowest BCUT2D eigenvalue weighted by atomic mass is 10.1. The SMILES string of the molecule is Nc1cc(C(=O)O)ccc1NC(=O)c1cc(F)cc(F)c1. The number of benzene rings is 2. The van der Waals surface area contributed by atoms with Gasteiger partial charge in [0, 0.05) is 11.6 Å². The van der Waals surface area contributed by atoms with E-state index in [1.54, 1.807) is 0 Å². The fraction of sp³-hybridized carbons (Fsp3) is 0. The first-order chi connectivity index (χ1) is 9.86. The van der Waals surface area contributed by atoms with Crippen molar-refractivity contribution in [3.8, 4) is 0 Å². The van der Waals surface area contributed by atoms with Crippen LogP contribution >= 0.6 is 0 Å². The maximum Gasteiger partial charge on any atom is 0.335 e. The lowest BCUT2D eigenvalue weighted by Gasteiger charge is -2.09. The van der Waals surface area contributed by atoms with Crippen molar-refractivity contribution < 1.29 is 23.5 Å². The number of hydrogen-bond acceptors (Lipinski definition) is 3. The molecule has 5 nitrogen and oxygen atoms in total. The summed E-state index contributed by atoms with van der Waals surface area (Å²) in [6, 6.07) is 6.12. The van der Waals surface area contributed by atoms with E-state index in [2.05, 4.69) is 5.32 Å². The highest BCUT2D eigenvalue weighted by atomic mass is 19.1. The Hall–Kier alpha value is -2.96. The van der Waals surface area contributed by atoms with Crippen LogP contribution in [-0.2, 0) is 0 Å². The van der Waals surface area contributed by atoms with Gasteiger partial charge in [0.1, 0.15) is 11.6 Å². The van der Waals surface area contributed by atoms with Crippen LogP contribution in [-0.4, -0.2) is 17.0 Å². The zero-order valence-corrected chi connectivity index (χ0v) is 10.6. The molecule has 4 N–H and O–H groups in total. The van der Waals surface area contributed by atoms with E-state index in [4.69, 9.17) is 10.8 Å². The third kappa shape index (κ3) is 3.33. The summed E-state index contributed by atoms with van der Waals surface area (Å²) in [6.07, 6.45) is 0. The van der Waals surface area contributed by atoms with E-state index in [1.165, 1.54) is 18.2 Å². The van der Waals surface area contributed by atoms with E-state index >= 15 is 0 Å². The molecule has 0 aliphatic carbocycles. The molecule has 0 aliphatic heterocycles. The van der Waals surface area contributed by atoms with Gasteiger partial charge < -0.3 is 16.2 Å². The van der Waals surface area contributed by atoms with Crippen molar-refractivity contribution >= 4 is 23.3 Å². The van der Waals surface area contributed by atoms with E-state index in [-0.39, 0.29) is 22.5 Å². The van der Waals surface area contributed by atoms with Crippen LogP contribution in [0, 0.1) is 11.6 Å². The van der Waals surface area contributed by atoms with Crippen LogP contribution in [0.5, 0.6) is 0 Å². The normalized spacial score (nSPS) is 10.2. The highest BCUT2D eigenvalue weighted by Crippen LogP contribution is 2.21. The van der Waals surface area contributed by atoms with Crippen LogP contribution < -0.4 is 11.1 Å². The van der Waals surface area contributed by atoms with Crippen molar-refractivity contribution in [1.82, 2.24) is 0 Å². The first-order valence-corrected chi connectivity index (χ1v) is 5.77. The molecule has 0 atom stereocenters. The molecule has 0 radical (unpaired) electrons. The number of nitrogens with two attached hydrogens (primary N) is 1. The minimum atomic E-state index is -1.16. The monoisotopic (exact) mass is 292 g/mol. The lowest BCUT2D eigenvalue weighted by Crippen LogP contribution is -2.14. The molecule has 0 fully saturated rings. The first-order valence-electron chi connectivity index (χ1n) is 5.77. The van der Waals surface area contributed by atoms with Crippen molar-refractivity contribution in [2.45, 2.75) is 0 Å². The van der Waals surface area contributed by atoms with E-state index < -0.39 is 23.5 Å². The molecule has 0 saturated heterocycles. The summed E-state index contributed by atoms with van der Waals surface area (Å²) in [7, 11) is 0. The average molecular weight is 292 g/mol. The Morgan fingerprint density at radius 2 is 1.62 bits per heavy atom. The average Bonchev–Trinajstić information content (AvgIpc) is 2.39. The molecular formula is C14H10F2N2O3. The largest absolute Gasteiger partial charge is 0.478 e. The van der Waals surface area contributed by atoms with Gasteiger partial charge in [0.15, 0.2) is 0 Å². The number of carboxylic acids is 1. The Kier molecular flexibility index (Phi) is 3.84. The molecular weight excluding hydrogens is 282 g/mol. The Morgan fingerprint density at radius 1 is 1.00 bits per heavy atom. The van der Waals surface area contributed by atoms with Gasteiger partial charge in [0.25, 0.3) is 5.91 Å². The quantitative estimate of drug-likeness (QED) is 0.758. The third-order valence-corrected chi connectivity index (χ3v) is 2.67. The van der Waals surface area contributed by atoms with Gasteiger partial charge in [-0.2, -0.15) is 0 Å². The fourth-order valence-corrected chi connectivity index (χ4v) is 1.69. The Labute approximate surface area is 118 Å². The van der Waals surface area contributed by atoms with Gasteiger partial charge in [-0.15, -0.1) is 0 Å². The maximum atomic E-state index is 13.0. The predicted octanol–water partition coefficient (Wildman–Crippen LogP) is 2.50.